The molecule has 0 saturated heterocycles. The van der Waals surface area contributed by atoms with Crippen LogP contribution in [0.3, 0.4) is 0 Å². The monoisotopic (exact) mass is 218 g/mol. The number of nitrogens with two attached hydrogens (primary N) is 1. The first-order valence-corrected chi connectivity index (χ1v) is 5.83. The van der Waals surface area contributed by atoms with Gasteiger partial charge in [-0.3, -0.25) is 0 Å². The van der Waals surface area contributed by atoms with Crippen LogP contribution in [0.25, 0.3) is 0 Å². The summed E-state index contributed by atoms with van der Waals surface area (Å²) in [6.45, 7) is 6.09. The third kappa shape index (κ3) is 2.52. The van der Waals surface area contributed by atoms with E-state index in [2.05, 4.69) is 18.2 Å². The first-order chi connectivity index (χ1) is 6.19. The minimum Gasteiger partial charge on any atom is -0.504 e. The molecule has 0 aromatic carbocycles. The van der Waals surface area contributed by atoms with Crippen molar-refractivity contribution in [2.45, 2.75) is 18.1 Å². The molecular formula is C8H14N2OS2. The molecule has 1 heterocycles. The Balaban J connectivity index is 2.67. The van der Waals surface area contributed by atoms with Gasteiger partial charge in [0.25, 0.3) is 0 Å². The number of thiophene rings is 1. The van der Waals surface area contributed by atoms with Crippen LogP contribution in [0, 0.1) is 0 Å². The Kier molecular flexibility index (Phi) is 3.90. The van der Waals surface area contributed by atoms with Crippen LogP contribution >= 0.6 is 23.3 Å². The van der Waals surface area contributed by atoms with Crippen LogP contribution in [0.15, 0.2) is 9.59 Å². The van der Waals surface area contributed by atoms with E-state index in [0.29, 0.717) is 5.69 Å². The summed E-state index contributed by atoms with van der Waals surface area (Å²) in [5.74, 6) is 0.224. The fourth-order valence-corrected chi connectivity index (χ4v) is 2.79. The lowest BCUT2D eigenvalue weighted by Gasteiger charge is -2.15. The van der Waals surface area contributed by atoms with Crippen LogP contribution in [-0.2, 0) is 0 Å². The van der Waals surface area contributed by atoms with Crippen LogP contribution in [-0.4, -0.2) is 22.5 Å². The van der Waals surface area contributed by atoms with Crippen molar-refractivity contribution in [3.05, 3.63) is 5.38 Å². The molecule has 5 heteroatoms. The Hall–Kier alpha value is -0.390. The van der Waals surface area contributed by atoms with Crippen molar-refractivity contribution in [3.8, 4) is 5.75 Å². The highest BCUT2D eigenvalue weighted by atomic mass is 32.2. The van der Waals surface area contributed by atoms with Crippen molar-refractivity contribution in [2.75, 3.05) is 18.8 Å². The van der Waals surface area contributed by atoms with Gasteiger partial charge < -0.3 is 10.8 Å². The van der Waals surface area contributed by atoms with Gasteiger partial charge in [-0.05, 0) is 11.9 Å². The van der Waals surface area contributed by atoms with Crippen molar-refractivity contribution < 1.29 is 5.11 Å². The predicted octanol–water partition coefficient (Wildman–Crippen LogP) is 2.38. The van der Waals surface area contributed by atoms with E-state index in [4.69, 9.17) is 5.73 Å². The summed E-state index contributed by atoms with van der Waals surface area (Å²) < 4.78 is 3.03. The van der Waals surface area contributed by atoms with Gasteiger partial charge in [-0.15, -0.1) is 11.3 Å². The molecule has 1 aromatic heterocycles. The molecule has 0 bridgehead atoms. The molecule has 0 aliphatic rings. The van der Waals surface area contributed by atoms with Crippen molar-refractivity contribution in [1.82, 2.24) is 4.31 Å². The van der Waals surface area contributed by atoms with Crippen LogP contribution in [0.2, 0.25) is 0 Å². The van der Waals surface area contributed by atoms with E-state index in [1.165, 1.54) is 11.3 Å². The number of nitrogens with zero attached hydrogens (tertiary/aromatic N) is 1. The lowest BCUT2D eigenvalue weighted by atomic mass is 10.5. The molecule has 1 aromatic rings. The van der Waals surface area contributed by atoms with Gasteiger partial charge in [0.05, 0.1) is 5.69 Å². The van der Waals surface area contributed by atoms with Gasteiger partial charge in [0.1, 0.15) is 4.21 Å². The van der Waals surface area contributed by atoms with Gasteiger partial charge in [0.15, 0.2) is 5.75 Å². The topological polar surface area (TPSA) is 49.5 Å². The second-order valence-electron chi connectivity index (χ2n) is 2.53. The highest BCUT2D eigenvalue weighted by molar-refractivity contribution is 7.99. The zero-order chi connectivity index (χ0) is 9.84. The number of hydrogen-bond acceptors (Lipinski definition) is 5. The molecule has 0 unspecified atom stereocenters. The molecule has 74 valence electrons. The van der Waals surface area contributed by atoms with Crippen molar-refractivity contribution in [2.24, 2.45) is 0 Å². The van der Waals surface area contributed by atoms with Gasteiger partial charge in [-0.1, -0.05) is 13.8 Å². The van der Waals surface area contributed by atoms with E-state index in [1.807, 2.05) is 0 Å². The maximum atomic E-state index is 9.52. The Morgan fingerprint density at radius 2 is 2.15 bits per heavy atom. The lowest BCUT2D eigenvalue weighted by molar-refractivity contribution is 0.467. The molecular weight excluding hydrogens is 204 g/mol. The van der Waals surface area contributed by atoms with E-state index in [-0.39, 0.29) is 5.75 Å². The molecule has 0 aliphatic carbocycles. The average Bonchev–Trinajstić information content (AvgIpc) is 2.45. The number of anilines is 1. The third-order valence-electron chi connectivity index (χ3n) is 1.68. The summed E-state index contributed by atoms with van der Waals surface area (Å²) in [4.78, 5) is 0. The predicted molar refractivity (Wildman–Crippen MR) is 59.2 cm³/mol. The second kappa shape index (κ2) is 4.74. The highest BCUT2D eigenvalue weighted by Crippen LogP contribution is 2.40. The standard InChI is InChI=1S/C8H14N2OS2/c1-3-10(4-2)13-8-7(11)6(9)5-12-8/h5,11H,3-4,9H2,1-2H3. The maximum Gasteiger partial charge on any atom is 0.164 e. The minimum absolute atomic E-state index is 0.224. The third-order valence-corrected chi connectivity index (χ3v) is 4.10. The van der Waals surface area contributed by atoms with E-state index in [9.17, 15) is 5.11 Å². The summed E-state index contributed by atoms with van der Waals surface area (Å²) in [5, 5.41) is 11.3. The molecule has 0 atom stereocenters. The zero-order valence-electron chi connectivity index (χ0n) is 7.78. The fourth-order valence-electron chi connectivity index (χ4n) is 0.881. The zero-order valence-corrected chi connectivity index (χ0v) is 9.41. The average molecular weight is 218 g/mol. The summed E-state index contributed by atoms with van der Waals surface area (Å²) in [6, 6.07) is 0. The molecule has 13 heavy (non-hydrogen) atoms. The molecule has 3 N–H and O–H groups in total. The summed E-state index contributed by atoms with van der Waals surface area (Å²) >= 11 is 3.04. The molecule has 0 fully saturated rings. The molecule has 0 radical (unpaired) electrons. The molecule has 3 nitrogen and oxygen atoms in total. The Morgan fingerprint density at radius 3 is 2.54 bits per heavy atom. The smallest absolute Gasteiger partial charge is 0.164 e. The highest BCUT2D eigenvalue weighted by Gasteiger charge is 2.11. The van der Waals surface area contributed by atoms with E-state index in [1.54, 1.807) is 17.3 Å². The van der Waals surface area contributed by atoms with Crippen molar-refractivity contribution in [3.63, 3.8) is 0 Å². The normalized spacial score (nSPS) is 11.0. The quantitative estimate of drug-likeness (QED) is 0.762. The summed E-state index contributed by atoms with van der Waals surface area (Å²) in [5.41, 5.74) is 6.00. The number of hydrogen-bond donors (Lipinski definition) is 2. The van der Waals surface area contributed by atoms with Gasteiger partial charge in [0, 0.05) is 18.5 Å². The largest absolute Gasteiger partial charge is 0.504 e. The first kappa shape index (κ1) is 10.7. The Bertz CT molecular complexity index is 271. The number of rotatable bonds is 4. The van der Waals surface area contributed by atoms with Crippen molar-refractivity contribution >= 4 is 29.0 Å². The van der Waals surface area contributed by atoms with Crippen LogP contribution in [0.1, 0.15) is 13.8 Å². The Labute approximate surface area is 86.7 Å². The number of aromatic hydroxyl groups is 1. The summed E-state index contributed by atoms with van der Waals surface area (Å²) in [7, 11) is 0. The number of nitrogen functional groups attached to an aromatic ring is 1. The van der Waals surface area contributed by atoms with Crippen LogP contribution in [0.4, 0.5) is 5.69 Å². The lowest BCUT2D eigenvalue weighted by Crippen LogP contribution is -2.13. The van der Waals surface area contributed by atoms with Crippen LogP contribution < -0.4 is 5.73 Å². The fraction of sp³-hybridized carbons (Fsp3) is 0.500. The SMILES string of the molecule is CCN(CC)Sc1scc(N)c1O. The molecule has 1 rings (SSSR count). The van der Waals surface area contributed by atoms with E-state index < -0.39 is 0 Å². The molecule has 0 saturated carbocycles. The van der Waals surface area contributed by atoms with Crippen molar-refractivity contribution in [1.29, 1.82) is 0 Å². The van der Waals surface area contributed by atoms with Crippen LogP contribution in [0.5, 0.6) is 5.75 Å². The Morgan fingerprint density at radius 1 is 1.54 bits per heavy atom. The second-order valence-corrected chi connectivity index (χ2v) is 4.78. The van der Waals surface area contributed by atoms with Gasteiger partial charge in [-0.2, -0.15) is 0 Å². The van der Waals surface area contributed by atoms with E-state index in [0.717, 1.165) is 17.3 Å². The minimum atomic E-state index is 0.224. The molecule has 0 amide bonds. The molecule has 0 spiro atoms. The molecule has 0 aliphatic heterocycles. The maximum absolute atomic E-state index is 9.52. The van der Waals surface area contributed by atoms with Gasteiger partial charge >= 0.3 is 0 Å². The van der Waals surface area contributed by atoms with E-state index >= 15 is 0 Å². The first-order valence-electron chi connectivity index (χ1n) is 4.17. The van der Waals surface area contributed by atoms with Gasteiger partial charge in [-0.25, -0.2) is 4.31 Å². The van der Waals surface area contributed by atoms with Gasteiger partial charge in [0.2, 0.25) is 0 Å². The summed E-state index contributed by atoms with van der Waals surface area (Å²) in [6.07, 6.45) is 0.